The van der Waals surface area contributed by atoms with E-state index in [1.165, 1.54) is 27.6 Å². The van der Waals surface area contributed by atoms with Gasteiger partial charge in [0, 0.05) is 16.9 Å². The number of rotatable bonds is 9. The van der Waals surface area contributed by atoms with Gasteiger partial charge in [0.25, 0.3) is 0 Å². The molecule has 174 valence electrons. The molecule has 0 saturated heterocycles. The third-order valence-corrected chi connectivity index (χ3v) is 8.20. The third-order valence-electron chi connectivity index (χ3n) is 6.02. The first-order valence-electron chi connectivity index (χ1n) is 12.0. The monoisotopic (exact) mass is 459 g/mol. The van der Waals surface area contributed by atoms with Crippen LogP contribution in [0.2, 0.25) is 0 Å². The van der Waals surface area contributed by atoms with Crippen LogP contribution in [0.25, 0.3) is 0 Å². The number of hydrogen-bond acceptors (Lipinski definition) is 2. The number of ether oxygens (including phenoxy) is 1. The van der Waals surface area contributed by atoms with E-state index in [9.17, 15) is 0 Å². The largest absolute Gasteiger partial charge is 0.489 e. The molecule has 3 heteroatoms. The molecule has 33 heavy (non-hydrogen) atoms. The lowest BCUT2D eigenvalue weighted by Crippen LogP contribution is -2.24. The molecule has 0 aromatic heterocycles. The Kier molecular flexibility index (Phi) is 8.49. The van der Waals surface area contributed by atoms with Crippen LogP contribution in [-0.4, -0.2) is 11.8 Å². The summed E-state index contributed by atoms with van der Waals surface area (Å²) in [6, 6.07) is 25.8. The van der Waals surface area contributed by atoms with Gasteiger partial charge >= 0.3 is 0 Å². The second kappa shape index (κ2) is 11.1. The molecule has 0 fully saturated rings. The van der Waals surface area contributed by atoms with E-state index in [0.717, 1.165) is 18.6 Å². The van der Waals surface area contributed by atoms with Crippen molar-refractivity contribution < 1.29 is 4.74 Å². The summed E-state index contributed by atoms with van der Waals surface area (Å²) in [7, 11) is 0.628. The molecule has 0 spiro atoms. The molecule has 2 nitrogen and oxygen atoms in total. The number of nitrogens with zero attached hydrogens (tertiary/aromatic N) is 1. The van der Waals surface area contributed by atoms with Crippen molar-refractivity contribution >= 4 is 20.1 Å². The lowest BCUT2D eigenvalue weighted by Gasteiger charge is -2.35. The van der Waals surface area contributed by atoms with Crippen LogP contribution in [0.5, 0.6) is 5.75 Å². The van der Waals surface area contributed by atoms with Gasteiger partial charge in [0.2, 0.25) is 0 Å². The summed E-state index contributed by atoms with van der Waals surface area (Å²) in [6.45, 7) is 13.8. The Morgan fingerprint density at radius 1 is 0.879 bits per heavy atom. The van der Waals surface area contributed by atoms with E-state index in [1.807, 2.05) is 6.07 Å². The van der Waals surface area contributed by atoms with E-state index < -0.39 is 0 Å². The Labute approximate surface area is 202 Å². The Bertz CT molecular complexity index is 1060. The van der Waals surface area contributed by atoms with E-state index in [4.69, 9.17) is 9.73 Å². The average molecular weight is 460 g/mol. The normalized spacial score (nSPS) is 12.7. The van der Waals surface area contributed by atoms with E-state index in [0.29, 0.717) is 15.2 Å². The van der Waals surface area contributed by atoms with Crippen LogP contribution in [0.1, 0.15) is 69.7 Å². The van der Waals surface area contributed by atoms with E-state index in [-0.39, 0.29) is 10.7 Å². The van der Waals surface area contributed by atoms with Crippen LogP contribution in [0.15, 0.2) is 77.8 Å². The summed E-state index contributed by atoms with van der Waals surface area (Å²) in [4.78, 5) is 4.79. The van der Waals surface area contributed by atoms with Crippen LogP contribution in [-0.2, 0) is 11.8 Å². The Morgan fingerprint density at radius 3 is 2.21 bits per heavy atom. The number of aryl methyl sites for hydroxylation is 1. The molecular formula is C30H38NOP. The highest BCUT2D eigenvalue weighted by Crippen LogP contribution is 2.50. The summed E-state index contributed by atoms with van der Waals surface area (Å²) >= 11 is 0. The fraction of sp³-hybridized carbons (Fsp3) is 0.367. The lowest BCUT2D eigenvalue weighted by atomic mass is 9.90. The molecule has 1 unspecified atom stereocenters. The Balaban J connectivity index is 1.99. The van der Waals surface area contributed by atoms with Crippen LogP contribution in [0.4, 0.5) is 0 Å². The standard InChI is InChI=1S/C30H38NOP/c1-7-30(8-2,33-28-17-13-12-16-25(28)21-31-29(4,5)6)26-20-23(3)18-19-27(26)32-22-24-14-10-9-11-15-24/h9-21,33H,7-8,22H2,1-6H3/b31-21+. The molecule has 0 amide bonds. The highest BCUT2D eigenvalue weighted by molar-refractivity contribution is 7.48. The fourth-order valence-electron chi connectivity index (χ4n) is 4.00. The maximum absolute atomic E-state index is 6.43. The second-order valence-corrected chi connectivity index (χ2v) is 11.5. The summed E-state index contributed by atoms with van der Waals surface area (Å²) in [5.74, 6) is 1.00. The van der Waals surface area contributed by atoms with Crippen molar-refractivity contribution in [3.05, 3.63) is 95.1 Å². The first-order chi connectivity index (χ1) is 15.8. The summed E-state index contributed by atoms with van der Waals surface area (Å²) in [5.41, 5.74) is 4.92. The van der Waals surface area contributed by atoms with Gasteiger partial charge in [0.05, 0.1) is 5.54 Å². The van der Waals surface area contributed by atoms with Gasteiger partial charge in [-0.1, -0.05) is 94.7 Å². The van der Waals surface area contributed by atoms with Crippen molar-refractivity contribution in [3.8, 4) is 5.75 Å². The molecule has 1 atom stereocenters. The quantitative estimate of drug-likeness (QED) is 0.236. The average Bonchev–Trinajstić information content (AvgIpc) is 2.81. The topological polar surface area (TPSA) is 21.6 Å². The number of hydrogen-bond donors (Lipinski definition) is 0. The highest BCUT2D eigenvalue weighted by atomic mass is 31.1. The molecule has 0 aliphatic carbocycles. The van der Waals surface area contributed by atoms with Crippen molar-refractivity contribution in [3.63, 3.8) is 0 Å². The SMILES string of the molecule is CCC(CC)(Pc1ccccc1/C=N/C(C)(C)C)c1cc(C)ccc1OCc1ccccc1. The molecule has 0 aliphatic rings. The van der Waals surface area contributed by atoms with Crippen molar-refractivity contribution in [1.82, 2.24) is 0 Å². The smallest absolute Gasteiger partial charge is 0.123 e. The minimum absolute atomic E-state index is 0.0176. The molecule has 0 N–H and O–H groups in total. The summed E-state index contributed by atoms with van der Waals surface area (Å²) < 4.78 is 6.43. The van der Waals surface area contributed by atoms with Gasteiger partial charge in [0.15, 0.2) is 0 Å². The maximum atomic E-state index is 6.43. The number of aliphatic imine (C=N–C) groups is 1. The third kappa shape index (κ3) is 6.78. The summed E-state index contributed by atoms with van der Waals surface area (Å²) in [5, 5.41) is 1.38. The van der Waals surface area contributed by atoms with Crippen LogP contribution >= 0.6 is 8.58 Å². The Morgan fingerprint density at radius 2 is 1.55 bits per heavy atom. The number of benzene rings is 3. The van der Waals surface area contributed by atoms with Crippen molar-refractivity contribution in [2.45, 2.75) is 71.7 Å². The molecule has 0 radical (unpaired) electrons. The minimum atomic E-state index is -0.0855. The van der Waals surface area contributed by atoms with Gasteiger partial charge in [-0.15, -0.1) is 0 Å². The predicted octanol–water partition coefficient (Wildman–Crippen LogP) is 7.81. The molecule has 3 aromatic carbocycles. The zero-order valence-corrected chi connectivity index (χ0v) is 22.0. The first-order valence-corrected chi connectivity index (χ1v) is 13.0. The zero-order chi connectivity index (χ0) is 23.9. The van der Waals surface area contributed by atoms with Gasteiger partial charge in [-0.2, -0.15) is 0 Å². The highest BCUT2D eigenvalue weighted by Gasteiger charge is 2.32. The van der Waals surface area contributed by atoms with E-state index in [1.54, 1.807) is 0 Å². The molecule has 0 saturated carbocycles. The van der Waals surface area contributed by atoms with Crippen molar-refractivity contribution in [2.75, 3.05) is 0 Å². The maximum Gasteiger partial charge on any atom is 0.123 e. The molecule has 3 aromatic rings. The van der Waals surface area contributed by atoms with Crippen LogP contribution in [0.3, 0.4) is 0 Å². The molecule has 0 heterocycles. The van der Waals surface area contributed by atoms with Crippen molar-refractivity contribution in [2.24, 2.45) is 4.99 Å². The van der Waals surface area contributed by atoms with Crippen molar-refractivity contribution in [1.29, 1.82) is 0 Å². The molecular weight excluding hydrogens is 421 g/mol. The van der Waals surface area contributed by atoms with Gasteiger partial charge in [0.1, 0.15) is 12.4 Å². The van der Waals surface area contributed by atoms with Crippen LogP contribution < -0.4 is 10.0 Å². The van der Waals surface area contributed by atoms with Gasteiger partial charge in [-0.25, -0.2) is 0 Å². The predicted molar refractivity (Wildman–Crippen MR) is 146 cm³/mol. The molecule has 3 rings (SSSR count). The lowest BCUT2D eigenvalue weighted by molar-refractivity contribution is 0.298. The Hall–Kier alpha value is -2.44. The van der Waals surface area contributed by atoms with Gasteiger partial charge in [-0.05, 0) is 63.0 Å². The molecule has 0 aliphatic heterocycles. The van der Waals surface area contributed by atoms with Crippen LogP contribution in [0, 0.1) is 6.92 Å². The van der Waals surface area contributed by atoms with E-state index in [2.05, 4.69) is 114 Å². The fourth-order valence-corrected chi connectivity index (χ4v) is 5.67. The first kappa shape index (κ1) is 25.2. The second-order valence-electron chi connectivity index (χ2n) is 9.70. The van der Waals surface area contributed by atoms with Gasteiger partial charge < -0.3 is 4.74 Å². The van der Waals surface area contributed by atoms with Gasteiger partial charge in [-0.3, -0.25) is 4.99 Å². The van der Waals surface area contributed by atoms with E-state index >= 15 is 0 Å². The minimum Gasteiger partial charge on any atom is -0.489 e. The molecule has 0 bridgehead atoms. The summed E-state index contributed by atoms with van der Waals surface area (Å²) in [6.07, 6.45) is 4.16. The zero-order valence-electron chi connectivity index (χ0n) is 21.0.